The van der Waals surface area contributed by atoms with Gasteiger partial charge in [0.15, 0.2) is 0 Å². The second-order valence-electron chi connectivity index (χ2n) is 14.0. The largest absolute Gasteiger partial charge is 0.497 e. The van der Waals surface area contributed by atoms with Crippen molar-refractivity contribution in [2.24, 2.45) is 0 Å². The number of hydrogen-bond acceptors (Lipinski definition) is 5. The molecular weight excluding hydrogens is 915 g/mol. The number of fused-ring (bicyclic) bond motifs is 4. The number of hydrogen-bond donors (Lipinski definition) is 0. The van der Waals surface area contributed by atoms with Gasteiger partial charge in [0.05, 0.1) is 22.9 Å². The third kappa shape index (κ3) is 7.28. The van der Waals surface area contributed by atoms with E-state index in [1.165, 1.54) is 12.3 Å². The van der Waals surface area contributed by atoms with Crippen molar-refractivity contribution in [1.82, 2.24) is 9.97 Å². The van der Waals surface area contributed by atoms with Gasteiger partial charge in [0, 0.05) is 46.4 Å². The molecule has 1 radical (unpaired) electrons. The molecule has 0 fully saturated rings. The van der Waals surface area contributed by atoms with Gasteiger partial charge < -0.3 is 24.3 Å². The molecule has 2 aliphatic rings. The van der Waals surface area contributed by atoms with E-state index in [1.54, 1.807) is 12.1 Å². The third-order valence-corrected chi connectivity index (χ3v) is 10.3. The van der Waals surface area contributed by atoms with E-state index in [0.29, 0.717) is 33.9 Å². The molecule has 60 heavy (non-hydrogen) atoms. The Balaban J connectivity index is 0.000000164. The smallest absolute Gasteiger partial charge is 0.138 e. The molecule has 2 aliphatic heterocycles. The van der Waals surface area contributed by atoms with Gasteiger partial charge in [-0.3, -0.25) is 0 Å². The molecule has 5 nitrogen and oxygen atoms in total. The summed E-state index contributed by atoms with van der Waals surface area (Å²) >= 11 is 0. The number of ether oxygens (including phenoxy) is 2. The Hall–Kier alpha value is -7.11. The summed E-state index contributed by atoms with van der Waals surface area (Å²) in [6.45, 7) is -4.62. The fourth-order valence-electron chi connectivity index (χ4n) is 7.47. The zero-order valence-corrected chi connectivity index (χ0v) is 34.3. The van der Waals surface area contributed by atoms with Crippen molar-refractivity contribution in [3.63, 3.8) is 0 Å². The van der Waals surface area contributed by atoms with Crippen LogP contribution in [-0.4, -0.2) is 9.97 Å². The van der Waals surface area contributed by atoms with E-state index in [9.17, 15) is 0 Å². The number of anilines is 3. The Labute approximate surface area is 372 Å². The molecule has 0 unspecified atom stereocenters. The maximum Gasteiger partial charge on any atom is 0.138 e. The molecule has 0 amide bonds. The van der Waals surface area contributed by atoms with Gasteiger partial charge >= 0.3 is 0 Å². The minimum Gasteiger partial charge on any atom is -0.497 e. The molecule has 0 saturated heterocycles. The molecular formula is C54H37IrN3O2-2. The first-order chi connectivity index (χ1) is 31.5. The Kier molecular flexibility index (Phi) is 8.82. The summed E-state index contributed by atoms with van der Waals surface area (Å²) in [6, 6.07) is 62.3. The number of nitrogens with zero attached hydrogens (tertiary/aromatic N) is 3. The van der Waals surface area contributed by atoms with Crippen molar-refractivity contribution >= 4 is 17.1 Å². The van der Waals surface area contributed by atoms with Gasteiger partial charge in [0.25, 0.3) is 0 Å². The minimum absolute atomic E-state index is 0. The summed E-state index contributed by atoms with van der Waals surface area (Å²) in [6.07, 6.45) is 3.20. The molecule has 291 valence electrons. The summed E-state index contributed by atoms with van der Waals surface area (Å²) in [4.78, 5) is 11.3. The molecule has 7 aromatic carbocycles. The van der Waals surface area contributed by atoms with Gasteiger partial charge in [0.1, 0.15) is 11.5 Å². The van der Waals surface area contributed by atoms with Crippen LogP contribution in [0.2, 0.25) is 0 Å². The number of pyridine rings is 2. The van der Waals surface area contributed by atoms with Crippen molar-refractivity contribution in [2.75, 3.05) is 4.90 Å². The molecule has 0 atom stereocenters. The molecule has 2 aromatic heterocycles. The van der Waals surface area contributed by atoms with Gasteiger partial charge in [-0.2, -0.15) is 0 Å². The summed E-state index contributed by atoms with van der Waals surface area (Å²) < 4.78 is 60.2. The standard InChI is InChI=1S/C29H17N2O2.C25H20N.Ir/c1-2-8-19(9-3-1)20-16-17-30-22(18-20)21-14-15-27-28-29(21)33-26-13-7-5-11-24(26)31(28)23-10-4-6-12-25(23)32-27;1-18-13-14-22(15-23(18)20-9-5-3-6-10-20)25-16-24(19(2)17-26-25)21-11-7-4-8-12-21;/h1-13,15-18H;3-13,15-17H,1-2H3;/q2*-1;/i;1D3,2D3;. The molecule has 9 aromatic rings. The molecule has 4 heterocycles. The molecule has 0 aliphatic carbocycles. The molecule has 6 heteroatoms. The average Bonchev–Trinajstić information content (AvgIpc) is 3.34. The topological polar surface area (TPSA) is 47.5 Å². The van der Waals surface area contributed by atoms with Crippen LogP contribution in [0.5, 0.6) is 23.0 Å². The van der Waals surface area contributed by atoms with Gasteiger partial charge in [-0.25, -0.2) is 0 Å². The number of benzene rings is 7. The van der Waals surface area contributed by atoms with Crippen molar-refractivity contribution < 1.29 is 37.8 Å². The summed E-state index contributed by atoms with van der Waals surface area (Å²) in [5, 5.41) is 0. The first kappa shape index (κ1) is 31.8. The van der Waals surface area contributed by atoms with E-state index < -0.39 is 13.7 Å². The predicted molar refractivity (Wildman–Crippen MR) is 238 cm³/mol. The maximum absolute atomic E-state index is 7.92. The second-order valence-corrected chi connectivity index (χ2v) is 14.0. The van der Waals surface area contributed by atoms with Crippen LogP contribution in [0.25, 0.3) is 55.9 Å². The molecule has 0 N–H and O–H groups in total. The number of para-hydroxylation sites is 4. The van der Waals surface area contributed by atoms with E-state index >= 15 is 0 Å². The second kappa shape index (κ2) is 16.6. The minimum atomic E-state index is -2.32. The number of aryl methyl sites for hydroxylation is 2. The molecule has 0 saturated carbocycles. The molecule has 11 rings (SSSR count). The van der Waals surface area contributed by atoms with Crippen molar-refractivity contribution in [1.29, 1.82) is 0 Å². The van der Waals surface area contributed by atoms with Crippen LogP contribution in [0.15, 0.2) is 188 Å². The van der Waals surface area contributed by atoms with Gasteiger partial charge in [-0.05, 0) is 82.0 Å². The first-order valence-corrected chi connectivity index (χ1v) is 19.1. The Morgan fingerprint density at radius 1 is 0.517 bits per heavy atom. The van der Waals surface area contributed by atoms with Crippen LogP contribution in [0, 0.1) is 25.8 Å². The molecule has 0 bridgehead atoms. The quantitative estimate of drug-likeness (QED) is 0.161. The van der Waals surface area contributed by atoms with E-state index in [0.717, 1.165) is 62.1 Å². The van der Waals surface area contributed by atoms with Crippen LogP contribution in [0.1, 0.15) is 19.4 Å². The summed E-state index contributed by atoms with van der Waals surface area (Å²) in [5.41, 5.74) is 10.8. The van der Waals surface area contributed by atoms with E-state index in [-0.39, 0.29) is 31.2 Å². The maximum atomic E-state index is 7.92. The fourth-order valence-corrected chi connectivity index (χ4v) is 7.47. The summed E-state index contributed by atoms with van der Waals surface area (Å²) in [7, 11) is 0. The SMILES string of the molecule is [2H]C([2H])([2H])c1c[c-]c(-c2cc(-c3ccccc3)c(C([2H])([2H])[2H])cn2)cc1-c1ccccc1.[Ir].[c-]1cc2c3c(c1-c1cc(-c4ccccc4)ccn1)Oc1ccccc1N3c1ccccc1O2. The normalized spacial score (nSPS) is 13.5. The Bertz CT molecular complexity index is 3090. The number of aromatic nitrogens is 2. The predicted octanol–water partition coefficient (Wildman–Crippen LogP) is 14.4. The van der Waals surface area contributed by atoms with Crippen LogP contribution < -0.4 is 14.4 Å². The van der Waals surface area contributed by atoms with Crippen LogP contribution >= 0.6 is 0 Å². The fraction of sp³-hybridized carbons (Fsp3) is 0.0370. The van der Waals surface area contributed by atoms with Crippen LogP contribution in [0.4, 0.5) is 17.1 Å². The monoisotopic (exact) mass is 958 g/mol. The van der Waals surface area contributed by atoms with E-state index in [4.69, 9.17) is 17.7 Å². The van der Waals surface area contributed by atoms with E-state index in [2.05, 4.69) is 57.3 Å². The van der Waals surface area contributed by atoms with Crippen molar-refractivity contribution in [3.8, 4) is 78.9 Å². The van der Waals surface area contributed by atoms with Gasteiger partial charge in [-0.1, -0.05) is 145 Å². The first-order valence-electron chi connectivity index (χ1n) is 22.1. The zero-order chi connectivity index (χ0) is 44.7. The third-order valence-electron chi connectivity index (χ3n) is 10.3. The van der Waals surface area contributed by atoms with Crippen molar-refractivity contribution in [3.05, 3.63) is 212 Å². The Morgan fingerprint density at radius 2 is 1.12 bits per heavy atom. The van der Waals surface area contributed by atoms with E-state index in [1.807, 2.05) is 134 Å². The summed E-state index contributed by atoms with van der Waals surface area (Å²) in [5.74, 6) is 2.99. The van der Waals surface area contributed by atoms with Crippen molar-refractivity contribution in [2.45, 2.75) is 13.7 Å². The van der Waals surface area contributed by atoms with Crippen LogP contribution in [-0.2, 0) is 20.1 Å². The van der Waals surface area contributed by atoms with Gasteiger partial charge in [0.2, 0.25) is 0 Å². The zero-order valence-electron chi connectivity index (χ0n) is 37.9. The van der Waals surface area contributed by atoms with Gasteiger partial charge in [-0.15, -0.1) is 41.5 Å². The Morgan fingerprint density at radius 3 is 1.78 bits per heavy atom. The van der Waals surface area contributed by atoms with Crippen LogP contribution in [0.3, 0.4) is 0 Å². The number of rotatable bonds is 5. The average molecular weight is 958 g/mol. The molecule has 0 spiro atoms.